The maximum absolute atomic E-state index is 12.7. The molecule has 1 aliphatic rings. The van der Waals surface area contributed by atoms with E-state index in [4.69, 9.17) is 5.11 Å². The molecule has 3 N–H and O–H groups in total. The number of anilines is 1. The molecule has 7 heteroatoms. The smallest absolute Gasteiger partial charge is 0.303 e. The van der Waals surface area contributed by atoms with Gasteiger partial charge in [-0.1, -0.05) is 18.2 Å². The van der Waals surface area contributed by atoms with Crippen LogP contribution >= 0.6 is 11.8 Å². The molecule has 0 spiro atoms. The highest BCUT2D eigenvalue weighted by molar-refractivity contribution is 7.98. The van der Waals surface area contributed by atoms with Crippen molar-refractivity contribution in [2.24, 2.45) is 0 Å². The summed E-state index contributed by atoms with van der Waals surface area (Å²) in [5, 5.41) is 13.8. The van der Waals surface area contributed by atoms with Gasteiger partial charge in [-0.15, -0.1) is 0 Å². The Balaban J connectivity index is 2.17. The third-order valence-electron chi connectivity index (χ3n) is 3.95. The van der Waals surface area contributed by atoms with E-state index in [9.17, 15) is 9.59 Å². The second-order valence-electron chi connectivity index (χ2n) is 5.80. The van der Waals surface area contributed by atoms with Crippen LogP contribution in [-0.2, 0) is 9.59 Å². The Bertz CT molecular complexity index is 555. The van der Waals surface area contributed by atoms with Crippen molar-refractivity contribution in [2.75, 3.05) is 17.4 Å². The lowest BCUT2D eigenvalue weighted by Gasteiger charge is -2.35. The second-order valence-corrected chi connectivity index (χ2v) is 6.78. The molecule has 1 aromatic carbocycles. The van der Waals surface area contributed by atoms with Crippen LogP contribution in [0.2, 0.25) is 0 Å². The largest absolute Gasteiger partial charge is 0.481 e. The molecule has 0 bridgehead atoms. The van der Waals surface area contributed by atoms with Crippen LogP contribution in [-0.4, -0.2) is 45.7 Å². The molecule has 0 radical (unpaired) electrons. The maximum Gasteiger partial charge on any atom is 0.303 e. The van der Waals surface area contributed by atoms with E-state index in [2.05, 4.69) is 10.7 Å². The lowest BCUT2D eigenvalue weighted by molar-refractivity contribution is -0.139. The van der Waals surface area contributed by atoms with E-state index < -0.39 is 11.6 Å². The Hall–Kier alpha value is -1.73. The van der Waals surface area contributed by atoms with Gasteiger partial charge < -0.3 is 5.11 Å². The normalized spacial score (nSPS) is 24.0. The number of thioether (sulfide) groups is 1. The van der Waals surface area contributed by atoms with Crippen LogP contribution in [0.15, 0.2) is 30.3 Å². The zero-order valence-corrected chi connectivity index (χ0v) is 14.2. The number of carboxylic acids is 1. The molecular weight excluding hydrogens is 314 g/mol. The summed E-state index contributed by atoms with van der Waals surface area (Å²) < 4.78 is 0. The molecule has 1 fully saturated rings. The number of para-hydroxylation sites is 1. The fourth-order valence-corrected chi connectivity index (χ4v) is 3.16. The van der Waals surface area contributed by atoms with Crippen molar-refractivity contribution in [3.8, 4) is 0 Å². The van der Waals surface area contributed by atoms with Crippen LogP contribution in [0.5, 0.6) is 0 Å². The summed E-state index contributed by atoms with van der Waals surface area (Å²) in [6.07, 6.45) is 3.06. The molecule has 2 rings (SSSR count). The quantitative estimate of drug-likeness (QED) is 0.674. The first-order valence-electron chi connectivity index (χ1n) is 7.60. The second kappa shape index (κ2) is 7.70. The predicted octanol–water partition coefficient (Wildman–Crippen LogP) is 2.15. The summed E-state index contributed by atoms with van der Waals surface area (Å²) in [5.74, 6) is -0.0408. The van der Waals surface area contributed by atoms with Gasteiger partial charge in [0.1, 0.15) is 5.66 Å². The lowest BCUT2D eigenvalue weighted by atomic mass is 10.1. The highest BCUT2D eigenvalue weighted by Crippen LogP contribution is 2.28. The van der Waals surface area contributed by atoms with Gasteiger partial charge >= 0.3 is 5.97 Å². The minimum absolute atomic E-state index is 0.000995. The summed E-state index contributed by atoms with van der Waals surface area (Å²) in [7, 11) is 0. The SMILES string of the molecule is CSCC[C@@H]1NC(C)(CCC(=O)O)N(Nc2ccccc2)C1=O. The number of hydrazine groups is 1. The summed E-state index contributed by atoms with van der Waals surface area (Å²) >= 11 is 1.69. The van der Waals surface area contributed by atoms with Gasteiger partial charge in [-0.2, -0.15) is 11.8 Å². The number of hydrogen-bond acceptors (Lipinski definition) is 5. The van der Waals surface area contributed by atoms with Gasteiger partial charge in [0.25, 0.3) is 5.91 Å². The fraction of sp³-hybridized carbons (Fsp3) is 0.500. The average Bonchev–Trinajstić information content (AvgIpc) is 2.77. The predicted molar refractivity (Wildman–Crippen MR) is 92.1 cm³/mol. The van der Waals surface area contributed by atoms with Gasteiger partial charge in [0.05, 0.1) is 11.7 Å². The number of nitrogens with zero attached hydrogens (tertiary/aromatic N) is 1. The Kier molecular flexibility index (Phi) is 5.90. The number of hydrogen-bond donors (Lipinski definition) is 3. The number of benzene rings is 1. The van der Waals surface area contributed by atoms with Crippen molar-refractivity contribution in [1.29, 1.82) is 0 Å². The molecule has 1 aromatic rings. The zero-order valence-electron chi connectivity index (χ0n) is 13.4. The van der Waals surface area contributed by atoms with Crippen LogP contribution in [0.4, 0.5) is 5.69 Å². The first-order chi connectivity index (χ1) is 11.0. The number of amides is 1. The summed E-state index contributed by atoms with van der Waals surface area (Å²) in [6, 6.07) is 9.13. The van der Waals surface area contributed by atoms with Crippen LogP contribution in [0.25, 0.3) is 0 Å². The van der Waals surface area contributed by atoms with Crippen molar-refractivity contribution < 1.29 is 14.7 Å². The molecule has 0 saturated carbocycles. The highest BCUT2D eigenvalue weighted by Gasteiger charge is 2.47. The number of aliphatic carboxylic acids is 1. The number of carboxylic acid groups (broad SMARTS) is 1. The van der Waals surface area contributed by atoms with E-state index in [0.29, 0.717) is 6.42 Å². The minimum atomic E-state index is -0.868. The van der Waals surface area contributed by atoms with Gasteiger partial charge in [0, 0.05) is 6.42 Å². The fourth-order valence-electron chi connectivity index (χ4n) is 2.69. The van der Waals surface area contributed by atoms with Crippen molar-refractivity contribution in [3.05, 3.63) is 30.3 Å². The Morgan fingerprint density at radius 2 is 2.13 bits per heavy atom. The van der Waals surface area contributed by atoms with E-state index in [1.165, 1.54) is 0 Å². The zero-order chi connectivity index (χ0) is 16.9. The Morgan fingerprint density at radius 3 is 2.74 bits per heavy atom. The van der Waals surface area contributed by atoms with Crippen LogP contribution in [0.3, 0.4) is 0 Å². The number of carbonyl (C=O) groups is 2. The Morgan fingerprint density at radius 1 is 1.43 bits per heavy atom. The van der Waals surface area contributed by atoms with Crippen molar-refractivity contribution in [2.45, 2.75) is 37.9 Å². The van der Waals surface area contributed by atoms with E-state index >= 15 is 0 Å². The average molecular weight is 337 g/mol. The topological polar surface area (TPSA) is 81.7 Å². The third-order valence-corrected chi connectivity index (χ3v) is 4.59. The van der Waals surface area contributed by atoms with Crippen molar-refractivity contribution >= 4 is 29.3 Å². The summed E-state index contributed by atoms with van der Waals surface area (Å²) in [6.45, 7) is 1.86. The molecule has 23 heavy (non-hydrogen) atoms. The van der Waals surface area contributed by atoms with E-state index in [1.807, 2.05) is 43.5 Å². The molecule has 2 atom stereocenters. The molecule has 1 saturated heterocycles. The van der Waals surface area contributed by atoms with E-state index in [1.54, 1.807) is 16.8 Å². The van der Waals surface area contributed by atoms with Gasteiger partial charge in [0.15, 0.2) is 0 Å². The lowest BCUT2D eigenvalue weighted by Crippen LogP contribution is -2.52. The number of nitrogens with one attached hydrogen (secondary N) is 2. The third kappa shape index (κ3) is 4.39. The molecular formula is C16H23N3O3S. The first-order valence-corrected chi connectivity index (χ1v) is 9.00. The molecule has 1 unspecified atom stereocenters. The van der Waals surface area contributed by atoms with Gasteiger partial charge in [-0.05, 0) is 43.9 Å². The number of rotatable bonds is 8. The monoisotopic (exact) mass is 337 g/mol. The molecule has 0 aliphatic carbocycles. The standard InChI is InChI=1S/C16H23N3O3S/c1-16(10-8-14(20)21)17-13(9-11-23-2)15(22)19(16)18-12-6-4-3-5-7-12/h3-7,13,17-18H,8-11H2,1-2H3,(H,20,21)/t13-,16?/m0/s1. The summed E-state index contributed by atoms with van der Waals surface area (Å²) in [4.78, 5) is 23.7. The molecule has 1 amide bonds. The molecule has 126 valence electrons. The molecule has 1 aliphatic heterocycles. The van der Waals surface area contributed by atoms with Crippen LogP contribution < -0.4 is 10.7 Å². The molecule has 1 heterocycles. The van der Waals surface area contributed by atoms with Crippen molar-refractivity contribution in [3.63, 3.8) is 0 Å². The molecule has 6 nitrogen and oxygen atoms in total. The highest BCUT2D eigenvalue weighted by atomic mass is 32.2. The van der Waals surface area contributed by atoms with Gasteiger partial charge in [-0.3, -0.25) is 20.3 Å². The van der Waals surface area contributed by atoms with Crippen LogP contribution in [0, 0.1) is 0 Å². The van der Waals surface area contributed by atoms with E-state index in [-0.39, 0.29) is 18.4 Å². The van der Waals surface area contributed by atoms with Crippen molar-refractivity contribution in [1.82, 2.24) is 10.3 Å². The van der Waals surface area contributed by atoms with Gasteiger partial charge in [-0.25, -0.2) is 5.01 Å². The van der Waals surface area contributed by atoms with Crippen LogP contribution in [0.1, 0.15) is 26.2 Å². The Labute approximate surface area is 140 Å². The summed E-state index contributed by atoms with van der Waals surface area (Å²) in [5.41, 5.74) is 3.21. The molecule has 0 aromatic heterocycles. The number of carbonyl (C=O) groups excluding carboxylic acids is 1. The maximum atomic E-state index is 12.7. The minimum Gasteiger partial charge on any atom is -0.481 e. The first kappa shape index (κ1) is 17.6. The van der Waals surface area contributed by atoms with Gasteiger partial charge in [0.2, 0.25) is 0 Å². The van der Waals surface area contributed by atoms with E-state index in [0.717, 1.165) is 17.9 Å².